The van der Waals surface area contributed by atoms with E-state index in [0.717, 1.165) is 38.0 Å². The van der Waals surface area contributed by atoms with Crippen molar-refractivity contribution in [2.45, 2.75) is 64.4 Å². The van der Waals surface area contributed by atoms with Crippen LogP contribution in [0.15, 0.2) is 4.52 Å². The fraction of sp³-hybridized carbons (Fsp3) is 0.800. The standard InChI is InChI=1S/C15H23N3O2/c1-3-19-15(9-7-12(2)8-10-15)14-17-13(20-18-14)6-4-5-11-16/h12H,3-10H2,1-2H3. The second-order valence-corrected chi connectivity index (χ2v) is 5.63. The van der Waals surface area contributed by atoms with Crippen molar-refractivity contribution in [2.75, 3.05) is 6.61 Å². The van der Waals surface area contributed by atoms with Crippen LogP contribution in [-0.2, 0) is 16.8 Å². The van der Waals surface area contributed by atoms with Gasteiger partial charge in [-0.2, -0.15) is 10.2 Å². The molecule has 0 aliphatic heterocycles. The Balaban J connectivity index is 2.08. The Labute approximate surface area is 120 Å². The van der Waals surface area contributed by atoms with Gasteiger partial charge in [0.1, 0.15) is 5.60 Å². The monoisotopic (exact) mass is 277 g/mol. The molecule has 1 fully saturated rings. The third-order valence-electron chi connectivity index (χ3n) is 4.06. The number of nitriles is 1. The molecule has 20 heavy (non-hydrogen) atoms. The quantitative estimate of drug-likeness (QED) is 0.745. The summed E-state index contributed by atoms with van der Waals surface area (Å²) in [5.74, 6) is 2.05. The molecule has 5 heteroatoms. The smallest absolute Gasteiger partial charge is 0.226 e. The van der Waals surface area contributed by atoms with Crippen molar-refractivity contribution in [1.29, 1.82) is 5.26 Å². The molecule has 110 valence electrons. The van der Waals surface area contributed by atoms with E-state index >= 15 is 0 Å². The normalized spacial score (nSPS) is 26.4. The first-order valence-electron chi connectivity index (χ1n) is 7.54. The molecule has 1 aliphatic carbocycles. The molecule has 0 bridgehead atoms. The molecule has 1 heterocycles. The van der Waals surface area contributed by atoms with Crippen LogP contribution in [0.25, 0.3) is 0 Å². The van der Waals surface area contributed by atoms with Gasteiger partial charge < -0.3 is 9.26 Å². The van der Waals surface area contributed by atoms with Gasteiger partial charge in [-0.15, -0.1) is 0 Å². The second kappa shape index (κ2) is 6.85. The Morgan fingerprint density at radius 1 is 1.45 bits per heavy atom. The van der Waals surface area contributed by atoms with Crippen molar-refractivity contribution in [3.05, 3.63) is 11.7 Å². The molecule has 2 rings (SSSR count). The zero-order valence-electron chi connectivity index (χ0n) is 12.4. The molecule has 0 aromatic carbocycles. The highest BCUT2D eigenvalue weighted by atomic mass is 16.5. The van der Waals surface area contributed by atoms with Gasteiger partial charge in [0, 0.05) is 19.4 Å². The number of ether oxygens (including phenoxy) is 1. The molecule has 5 nitrogen and oxygen atoms in total. The lowest BCUT2D eigenvalue weighted by molar-refractivity contribution is -0.0847. The van der Waals surface area contributed by atoms with Crippen LogP contribution in [0.3, 0.4) is 0 Å². The van der Waals surface area contributed by atoms with Crippen molar-refractivity contribution in [3.8, 4) is 6.07 Å². The Morgan fingerprint density at radius 2 is 2.20 bits per heavy atom. The second-order valence-electron chi connectivity index (χ2n) is 5.63. The van der Waals surface area contributed by atoms with Gasteiger partial charge in [0.25, 0.3) is 0 Å². The third-order valence-corrected chi connectivity index (χ3v) is 4.06. The maximum Gasteiger partial charge on any atom is 0.226 e. The first kappa shape index (κ1) is 15.0. The lowest BCUT2D eigenvalue weighted by atomic mass is 9.79. The van der Waals surface area contributed by atoms with Gasteiger partial charge in [-0.25, -0.2) is 0 Å². The summed E-state index contributed by atoms with van der Waals surface area (Å²) >= 11 is 0. The first-order valence-corrected chi connectivity index (χ1v) is 7.54. The predicted octanol–water partition coefficient (Wildman–Crippen LogP) is 3.36. The molecule has 0 saturated heterocycles. The molecule has 0 unspecified atom stereocenters. The van der Waals surface area contributed by atoms with Crippen LogP contribution in [0, 0.1) is 17.2 Å². The number of nitrogens with zero attached hydrogens (tertiary/aromatic N) is 3. The van der Waals surface area contributed by atoms with Crippen LogP contribution in [0.4, 0.5) is 0 Å². The van der Waals surface area contributed by atoms with E-state index < -0.39 is 0 Å². The fourth-order valence-electron chi connectivity index (χ4n) is 2.80. The molecule has 1 aliphatic rings. The summed E-state index contributed by atoms with van der Waals surface area (Å²) < 4.78 is 11.3. The maximum atomic E-state index is 8.55. The number of aryl methyl sites for hydroxylation is 1. The zero-order chi connectivity index (χ0) is 14.4. The average molecular weight is 277 g/mol. The molecule has 0 N–H and O–H groups in total. The lowest BCUT2D eigenvalue weighted by Gasteiger charge is -2.36. The minimum atomic E-state index is -0.363. The van der Waals surface area contributed by atoms with Crippen LogP contribution in [-0.4, -0.2) is 16.7 Å². The van der Waals surface area contributed by atoms with E-state index in [1.807, 2.05) is 6.92 Å². The Bertz CT molecular complexity index is 456. The van der Waals surface area contributed by atoms with Gasteiger partial charge in [0.05, 0.1) is 6.07 Å². The summed E-state index contributed by atoms with van der Waals surface area (Å²) in [5.41, 5.74) is -0.363. The van der Waals surface area contributed by atoms with E-state index in [1.54, 1.807) is 0 Å². The van der Waals surface area contributed by atoms with Gasteiger partial charge in [-0.3, -0.25) is 0 Å². The number of unbranched alkanes of at least 4 members (excludes halogenated alkanes) is 1. The fourth-order valence-corrected chi connectivity index (χ4v) is 2.80. The van der Waals surface area contributed by atoms with E-state index in [-0.39, 0.29) is 5.60 Å². The third kappa shape index (κ3) is 3.37. The largest absolute Gasteiger partial charge is 0.367 e. The Kier molecular flexibility index (Phi) is 5.13. The summed E-state index contributed by atoms with van der Waals surface area (Å²) in [6, 6.07) is 2.13. The van der Waals surface area contributed by atoms with Gasteiger partial charge in [0.2, 0.25) is 11.7 Å². The van der Waals surface area contributed by atoms with Crippen molar-refractivity contribution < 1.29 is 9.26 Å². The van der Waals surface area contributed by atoms with Crippen LogP contribution in [0.1, 0.15) is 64.1 Å². The van der Waals surface area contributed by atoms with Crippen LogP contribution in [0.5, 0.6) is 0 Å². The van der Waals surface area contributed by atoms with Crippen molar-refractivity contribution >= 4 is 0 Å². The number of hydrogen-bond acceptors (Lipinski definition) is 5. The van der Waals surface area contributed by atoms with Gasteiger partial charge in [0.15, 0.2) is 0 Å². The molecule has 1 aromatic rings. The minimum absolute atomic E-state index is 0.363. The van der Waals surface area contributed by atoms with E-state index in [1.165, 1.54) is 0 Å². The van der Waals surface area contributed by atoms with E-state index in [4.69, 9.17) is 14.5 Å². The number of aromatic nitrogens is 2. The van der Waals surface area contributed by atoms with Gasteiger partial charge >= 0.3 is 0 Å². The zero-order valence-corrected chi connectivity index (χ0v) is 12.4. The highest BCUT2D eigenvalue weighted by molar-refractivity contribution is 5.04. The van der Waals surface area contributed by atoms with Crippen LogP contribution >= 0.6 is 0 Å². The van der Waals surface area contributed by atoms with Gasteiger partial charge in [-0.1, -0.05) is 12.1 Å². The summed E-state index contributed by atoms with van der Waals surface area (Å²) in [6.07, 6.45) is 6.14. The molecule has 0 spiro atoms. The summed E-state index contributed by atoms with van der Waals surface area (Å²) in [6.45, 7) is 4.94. The molecular formula is C15H23N3O2. The molecular weight excluding hydrogens is 254 g/mol. The Morgan fingerprint density at radius 3 is 2.85 bits per heavy atom. The van der Waals surface area contributed by atoms with Crippen molar-refractivity contribution in [1.82, 2.24) is 10.1 Å². The van der Waals surface area contributed by atoms with E-state index in [2.05, 4.69) is 23.1 Å². The topological polar surface area (TPSA) is 71.9 Å². The maximum absolute atomic E-state index is 8.55. The highest BCUT2D eigenvalue weighted by Gasteiger charge is 2.40. The van der Waals surface area contributed by atoms with Gasteiger partial charge in [-0.05, 0) is 44.9 Å². The highest BCUT2D eigenvalue weighted by Crippen LogP contribution is 2.41. The number of hydrogen-bond donors (Lipinski definition) is 0. The SMILES string of the molecule is CCOC1(c2noc(CCCC#N)n2)CCC(C)CC1. The predicted molar refractivity (Wildman–Crippen MR) is 73.8 cm³/mol. The summed E-state index contributed by atoms with van der Waals surface area (Å²) in [5, 5.41) is 12.7. The molecule has 1 aromatic heterocycles. The first-order chi connectivity index (χ1) is 9.70. The lowest BCUT2D eigenvalue weighted by Crippen LogP contribution is -2.35. The molecule has 1 saturated carbocycles. The Hall–Kier alpha value is -1.41. The van der Waals surface area contributed by atoms with Crippen LogP contribution < -0.4 is 0 Å². The van der Waals surface area contributed by atoms with E-state index in [9.17, 15) is 0 Å². The summed E-state index contributed by atoms with van der Waals surface area (Å²) in [4.78, 5) is 4.51. The number of rotatable bonds is 6. The van der Waals surface area contributed by atoms with Crippen LogP contribution in [0.2, 0.25) is 0 Å². The molecule has 0 atom stereocenters. The summed E-state index contributed by atoms with van der Waals surface area (Å²) in [7, 11) is 0. The average Bonchev–Trinajstić information content (AvgIpc) is 2.92. The van der Waals surface area contributed by atoms with Crippen molar-refractivity contribution in [2.24, 2.45) is 5.92 Å². The molecule has 0 amide bonds. The van der Waals surface area contributed by atoms with E-state index in [0.29, 0.717) is 31.2 Å². The van der Waals surface area contributed by atoms with Crippen molar-refractivity contribution in [3.63, 3.8) is 0 Å². The molecule has 0 radical (unpaired) electrons. The minimum Gasteiger partial charge on any atom is -0.367 e.